The van der Waals surface area contributed by atoms with Gasteiger partial charge in [0, 0.05) is 11.6 Å². The van der Waals surface area contributed by atoms with Crippen molar-refractivity contribution in [2.45, 2.75) is 20.0 Å². The largest absolute Gasteiger partial charge is 0.467 e. The lowest BCUT2D eigenvalue weighted by Crippen LogP contribution is -2.30. The first kappa shape index (κ1) is 17.0. The smallest absolute Gasteiger partial charge is 0.256 e. The van der Waals surface area contributed by atoms with E-state index in [4.69, 9.17) is 8.83 Å². The third-order valence-corrected chi connectivity index (χ3v) is 4.24. The Balaban J connectivity index is 1.65. The Morgan fingerprint density at radius 3 is 2.74 bits per heavy atom. The third-order valence-electron chi connectivity index (χ3n) is 4.24. The molecule has 0 aliphatic rings. The molecular weight excluding hydrogens is 347 g/mol. The van der Waals surface area contributed by atoms with E-state index in [-0.39, 0.29) is 24.6 Å². The zero-order chi connectivity index (χ0) is 18.8. The summed E-state index contributed by atoms with van der Waals surface area (Å²) in [6.45, 7) is 2.47. The van der Waals surface area contributed by atoms with Crippen LogP contribution in [0.25, 0.3) is 11.0 Å². The summed E-state index contributed by atoms with van der Waals surface area (Å²) < 4.78 is 24.7. The first-order valence-electron chi connectivity index (χ1n) is 8.50. The van der Waals surface area contributed by atoms with E-state index in [2.05, 4.69) is 4.98 Å². The fraction of sp³-hybridized carbons (Fsp3) is 0.143. The second-order valence-corrected chi connectivity index (χ2v) is 6.39. The van der Waals surface area contributed by atoms with Crippen LogP contribution < -0.4 is 0 Å². The number of hydrogen-bond donors (Lipinski definition) is 0. The minimum absolute atomic E-state index is 0.175. The number of carbonyl (C=O) groups excluding carboxylic acids is 1. The van der Waals surface area contributed by atoms with Gasteiger partial charge in [-0.05, 0) is 43.3 Å². The summed E-state index contributed by atoms with van der Waals surface area (Å²) in [6.07, 6.45) is 3.96. The summed E-state index contributed by atoms with van der Waals surface area (Å²) in [5, 5.41) is 0.975. The quantitative estimate of drug-likeness (QED) is 0.514. The van der Waals surface area contributed by atoms with Gasteiger partial charge >= 0.3 is 0 Å². The van der Waals surface area contributed by atoms with Crippen molar-refractivity contribution >= 4 is 16.9 Å². The van der Waals surface area contributed by atoms with E-state index in [1.807, 2.05) is 31.2 Å². The van der Waals surface area contributed by atoms with Gasteiger partial charge in [0.2, 0.25) is 0 Å². The average molecular weight is 364 g/mol. The molecule has 0 atom stereocenters. The van der Waals surface area contributed by atoms with Gasteiger partial charge in [-0.15, -0.1) is 0 Å². The number of nitrogens with zero attached hydrogens (tertiary/aromatic N) is 2. The van der Waals surface area contributed by atoms with Gasteiger partial charge in [-0.1, -0.05) is 11.6 Å². The number of rotatable bonds is 5. The topological polar surface area (TPSA) is 59.5 Å². The Hall–Kier alpha value is -3.41. The molecule has 0 aliphatic heterocycles. The highest BCUT2D eigenvalue weighted by molar-refractivity contribution is 5.93. The summed E-state index contributed by atoms with van der Waals surface area (Å²) in [4.78, 5) is 18.2. The number of pyridine rings is 1. The number of hydrogen-bond acceptors (Lipinski definition) is 4. The molecule has 0 bridgehead atoms. The molecule has 6 heteroatoms. The predicted octanol–water partition coefficient (Wildman–Crippen LogP) is 4.71. The molecule has 1 aromatic carbocycles. The molecule has 4 aromatic rings. The van der Waals surface area contributed by atoms with Gasteiger partial charge in [0.15, 0.2) is 0 Å². The summed E-state index contributed by atoms with van der Waals surface area (Å²) in [6, 6.07) is 12.5. The van der Waals surface area contributed by atoms with E-state index in [1.165, 1.54) is 12.3 Å². The van der Waals surface area contributed by atoms with Crippen LogP contribution in [-0.2, 0) is 13.1 Å². The van der Waals surface area contributed by atoms with Gasteiger partial charge in [-0.3, -0.25) is 9.78 Å². The van der Waals surface area contributed by atoms with E-state index < -0.39 is 5.82 Å². The SMILES string of the molecule is Cc1ccc2oc(CN(Cc3ccco3)C(=O)c3cncc(F)c3)cc2c1. The lowest BCUT2D eigenvalue weighted by atomic mass is 10.2. The molecule has 1 amide bonds. The van der Waals surface area contributed by atoms with Crippen LogP contribution in [0.2, 0.25) is 0 Å². The van der Waals surface area contributed by atoms with Crippen molar-refractivity contribution in [3.05, 3.63) is 89.6 Å². The zero-order valence-corrected chi connectivity index (χ0v) is 14.7. The fourth-order valence-corrected chi connectivity index (χ4v) is 2.99. The normalized spacial score (nSPS) is 11.0. The molecule has 0 N–H and O–H groups in total. The number of benzene rings is 1. The molecule has 27 heavy (non-hydrogen) atoms. The minimum Gasteiger partial charge on any atom is -0.467 e. The van der Waals surface area contributed by atoms with Crippen molar-refractivity contribution in [3.63, 3.8) is 0 Å². The van der Waals surface area contributed by atoms with E-state index >= 15 is 0 Å². The van der Waals surface area contributed by atoms with Gasteiger partial charge in [0.25, 0.3) is 5.91 Å². The van der Waals surface area contributed by atoms with Crippen molar-refractivity contribution in [3.8, 4) is 0 Å². The summed E-state index contributed by atoms with van der Waals surface area (Å²) in [7, 11) is 0. The van der Waals surface area contributed by atoms with Crippen molar-refractivity contribution in [2.24, 2.45) is 0 Å². The molecule has 0 saturated heterocycles. The Kier molecular flexibility index (Phi) is 4.46. The third kappa shape index (κ3) is 3.74. The van der Waals surface area contributed by atoms with Crippen molar-refractivity contribution in [2.75, 3.05) is 0 Å². The molecule has 0 unspecified atom stereocenters. The number of aromatic nitrogens is 1. The van der Waals surface area contributed by atoms with E-state index in [0.717, 1.165) is 22.7 Å². The molecule has 0 saturated carbocycles. The molecule has 0 spiro atoms. The lowest BCUT2D eigenvalue weighted by molar-refractivity contribution is 0.0705. The monoisotopic (exact) mass is 364 g/mol. The summed E-state index contributed by atoms with van der Waals surface area (Å²) >= 11 is 0. The van der Waals surface area contributed by atoms with Crippen LogP contribution in [0.4, 0.5) is 4.39 Å². The Bertz CT molecular complexity index is 1090. The van der Waals surface area contributed by atoms with E-state index in [1.54, 1.807) is 23.3 Å². The van der Waals surface area contributed by atoms with E-state index in [0.29, 0.717) is 11.5 Å². The minimum atomic E-state index is -0.557. The second-order valence-electron chi connectivity index (χ2n) is 6.39. The highest BCUT2D eigenvalue weighted by Gasteiger charge is 2.20. The highest BCUT2D eigenvalue weighted by Crippen LogP contribution is 2.23. The van der Waals surface area contributed by atoms with Gasteiger partial charge in [0.05, 0.1) is 31.1 Å². The van der Waals surface area contributed by atoms with Crippen LogP contribution in [0.3, 0.4) is 0 Å². The number of fused-ring (bicyclic) bond motifs is 1. The van der Waals surface area contributed by atoms with Crippen LogP contribution in [0.5, 0.6) is 0 Å². The molecule has 136 valence electrons. The maximum absolute atomic E-state index is 13.5. The molecule has 5 nitrogen and oxygen atoms in total. The Morgan fingerprint density at radius 1 is 1.11 bits per heavy atom. The average Bonchev–Trinajstić information content (AvgIpc) is 3.29. The summed E-state index contributed by atoms with van der Waals surface area (Å²) in [5.41, 5.74) is 2.06. The van der Waals surface area contributed by atoms with Gasteiger partial charge < -0.3 is 13.7 Å². The molecular formula is C21H17FN2O3. The van der Waals surface area contributed by atoms with Gasteiger partial charge in [-0.25, -0.2) is 4.39 Å². The summed E-state index contributed by atoms with van der Waals surface area (Å²) in [5.74, 6) is 0.354. The predicted molar refractivity (Wildman–Crippen MR) is 97.4 cm³/mol. The maximum atomic E-state index is 13.5. The van der Waals surface area contributed by atoms with E-state index in [9.17, 15) is 9.18 Å². The van der Waals surface area contributed by atoms with Crippen molar-refractivity contribution in [1.29, 1.82) is 0 Å². The number of aryl methyl sites for hydroxylation is 1. The highest BCUT2D eigenvalue weighted by atomic mass is 19.1. The van der Waals surface area contributed by atoms with Crippen LogP contribution in [0.1, 0.15) is 27.4 Å². The van der Waals surface area contributed by atoms with Gasteiger partial charge in [0.1, 0.15) is 22.9 Å². The molecule has 4 rings (SSSR count). The first-order chi connectivity index (χ1) is 13.1. The molecule has 0 aliphatic carbocycles. The van der Waals surface area contributed by atoms with Crippen molar-refractivity contribution < 1.29 is 18.0 Å². The number of furan rings is 2. The lowest BCUT2D eigenvalue weighted by Gasteiger charge is -2.20. The van der Waals surface area contributed by atoms with Gasteiger partial charge in [-0.2, -0.15) is 0 Å². The Morgan fingerprint density at radius 2 is 1.96 bits per heavy atom. The zero-order valence-electron chi connectivity index (χ0n) is 14.7. The van der Waals surface area contributed by atoms with Crippen LogP contribution in [0, 0.1) is 12.7 Å². The van der Waals surface area contributed by atoms with Crippen LogP contribution >= 0.6 is 0 Å². The van der Waals surface area contributed by atoms with Crippen molar-refractivity contribution in [1.82, 2.24) is 9.88 Å². The van der Waals surface area contributed by atoms with Crippen LogP contribution in [-0.4, -0.2) is 15.8 Å². The first-order valence-corrected chi connectivity index (χ1v) is 8.50. The number of amides is 1. The Labute approximate surface area is 155 Å². The number of halogens is 1. The standard InChI is InChI=1S/C21H17FN2O3/c1-14-4-5-20-15(7-14)9-19(27-20)13-24(12-18-3-2-6-26-18)21(25)16-8-17(22)11-23-10-16/h2-11H,12-13H2,1H3. The maximum Gasteiger partial charge on any atom is 0.256 e. The number of carbonyl (C=O) groups is 1. The molecule has 0 fully saturated rings. The molecule has 3 heterocycles. The molecule has 3 aromatic heterocycles. The fourth-order valence-electron chi connectivity index (χ4n) is 2.99. The second kappa shape index (κ2) is 7.07. The molecule has 0 radical (unpaired) electrons. The van der Waals surface area contributed by atoms with Crippen LogP contribution in [0.15, 0.2) is 70.0 Å².